The molecule has 0 radical (unpaired) electrons. The molecule has 2 aliphatic rings. The minimum Gasteiger partial charge on any atom is -0.478 e. The molecule has 3 heterocycles. The predicted molar refractivity (Wildman–Crippen MR) is 120 cm³/mol. The Bertz CT molecular complexity index is 1110. The third kappa shape index (κ3) is 3.37. The van der Waals surface area contributed by atoms with Gasteiger partial charge in [0.1, 0.15) is 5.56 Å². The number of carboxylic acids is 1. The highest BCUT2D eigenvalue weighted by Crippen LogP contribution is 2.37. The number of nitrogens with zero attached hydrogens (tertiary/aromatic N) is 3. The Kier molecular flexibility index (Phi) is 4.79. The van der Waals surface area contributed by atoms with Gasteiger partial charge in [-0.05, 0) is 36.7 Å². The number of hydrogen-bond acceptors (Lipinski definition) is 5. The van der Waals surface area contributed by atoms with Gasteiger partial charge in [-0.1, -0.05) is 30.3 Å². The van der Waals surface area contributed by atoms with E-state index in [1.165, 1.54) is 5.56 Å². The van der Waals surface area contributed by atoms with Gasteiger partial charge >= 0.3 is 5.97 Å². The van der Waals surface area contributed by atoms with E-state index in [0.29, 0.717) is 17.7 Å². The van der Waals surface area contributed by atoms with E-state index in [1.807, 2.05) is 30.3 Å². The van der Waals surface area contributed by atoms with Gasteiger partial charge in [0.15, 0.2) is 0 Å². The molecule has 2 aromatic carbocycles. The van der Waals surface area contributed by atoms with Crippen molar-refractivity contribution in [2.45, 2.75) is 12.8 Å². The molecule has 5 rings (SSSR count). The molecule has 0 saturated carbocycles. The number of rotatable bonds is 4. The van der Waals surface area contributed by atoms with Gasteiger partial charge in [0.2, 0.25) is 0 Å². The minimum absolute atomic E-state index is 0.342. The molecule has 1 saturated heterocycles. The summed E-state index contributed by atoms with van der Waals surface area (Å²) in [5.74, 6) is -0.905. The normalized spacial score (nSPS) is 16.5. The summed E-state index contributed by atoms with van der Waals surface area (Å²) >= 11 is 0. The zero-order chi connectivity index (χ0) is 20.7. The number of piperazine rings is 1. The second-order valence-electron chi connectivity index (χ2n) is 8.24. The summed E-state index contributed by atoms with van der Waals surface area (Å²) in [6, 6.07) is 14.2. The highest BCUT2D eigenvalue weighted by atomic mass is 16.4. The van der Waals surface area contributed by atoms with E-state index in [2.05, 4.69) is 34.3 Å². The minimum atomic E-state index is -0.905. The fourth-order valence-electron chi connectivity index (χ4n) is 4.59. The van der Waals surface area contributed by atoms with Crippen molar-refractivity contribution in [2.24, 2.45) is 0 Å². The first kappa shape index (κ1) is 18.9. The Morgan fingerprint density at radius 3 is 2.63 bits per heavy atom. The highest BCUT2D eigenvalue weighted by molar-refractivity contribution is 6.07. The van der Waals surface area contributed by atoms with E-state index in [1.54, 1.807) is 0 Å². The zero-order valence-corrected chi connectivity index (χ0v) is 17.2. The first-order valence-corrected chi connectivity index (χ1v) is 10.5. The predicted octanol–water partition coefficient (Wildman–Crippen LogP) is 3.24. The fraction of sp³-hybridized carbons (Fsp3) is 0.333. The van der Waals surface area contributed by atoms with Crippen molar-refractivity contribution in [1.29, 1.82) is 0 Å². The molecule has 154 valence electrons. The van der Waals surface area contributed by atoms with Crippen molar-refractivity contribution in [2.75, 3.05) is 50.0 Å². The molecule has 1 fully saturated rings. The average Bonchev–Trinajstić information content (AvgIpc) is 3.20. The topological polar surface area (TPSA) is 68.7 Å². The number of aromatic nitrogens is 1. The van der Waals surface area contributed by atoms with Crippen molar-refractivity contribution in [3.63, 3.8) is 0 Å². The quantitative estimate of drug-likeness (QED) is 0.698. The Morgan fingerprint density at radius 1 is 1.13 bits per heavy atom. The van der Waals surface area contributed by atoms with Crippen LogP contribution in [0.5, 0.6) is 0 Å². The maximum absolute atomic E-state index is 12.5. The van der Waals surface area contributed by atoms with Crippen LogP contribution in [0.25, 0.3) is 10.9 Å². The van der Waals surface area contributed by atoms with Gasteiger partial charge in [-0.25, -0.2) is 4.79 Å². The van der Waals surface area contributed by atoms with Crippen LogP contribution in [-0.2, 0) is 12.8 Å². The zero-order valence-electron chi connectivity index (χ0n) is 17.2. The summed E-state index contributed by atoms with van der Waals surface area (Å²) in [5, 5.41) is 14.6. The van der Waals surface area contributed by atoms with Crippen molar-refractivity contribution in [3.8, 4) is 0 Å². The molecule has 30 heavy (non-hydrogen) atoms. The number of aromatic carboxylic acids is 1. The van der Waals surface area contributed by atoms with E-state index in [4.69, 9.17) is 4.98 Å². The van der Waals surface area contributed by atoms with E-state index in [-0.39, 0.29) is 0 Å². The van der Waals surface area contributed by atoms with Gasteiger partial charge < -0.3 is 20.2 Å². The molecule has 0 unspecified atom stereocenters. The number of carboxylic acid groups (broad SMARTS) is 1. The van der Waals surface area contributed by atoms with Crippen molar-refractivity contribution < 1.29 is 9.90 Å². The monoisotopic (exact) mass is 402 g/mol. The summed E-state index contributed by atoms with van der Waals surface area (Å²) in [7, 11) is 2.11. The lowest BCUT2D eigenvalue weighted by atomic mass is 9.98. The summed E-state index contributed by atoms with van der Waals surface area (Å²) in [4.78, 5) is 21.9. The van der Waals surface area contributed by atoms with Crippen LogP contribution in [0.4, 0.5) is 11.4 Å². The Labute approximate surface area is 176 Å². The maximum Gasteiger partial charge on any atom is 0.339 e. The van der Waals surface area contributed by atoms with Crippen LogP contribution >= 0.6 is 0 Å². The van der Waals surface area contributed by atoms with E-state index in [9.17, 15) is 9.90 Å². The standard InChI is InChI=1S/C24H26N4O2/c1-27-9-11-28(12-10-27)23-18-15-19-17(7-8-25-19)14-20(18)26-21(22(23)24(29)30)13-16-5-3-2-4-6-16/h2-6,14-15,25H,7-13H2,1H3,(H,29,30). The molecular weight excluding hydrogens is 376 g/mol. The van der Waals surface area contributed by atoms with Gasteiger partial charge in [-0.2, -0.15) is 0 Å². The lowest BCUT2D eigenvalue weighted by Gasteiger charge is -2.35. The number of anilines is 2. The van der Waals surface area contributed by atoms with E-state index in [0.717, 1.165) is 67.0 Å². The molecule has 3 aromatic rings. The summed E-state index contributed by atoms with van der Waals surface area (Å²) in [5.41, 5.74) is 6.12. The van der Waals surface area contributed by atoms with Crippen LogP contribution in [-0.4, -0.2) is 60.7 Å². The smallest absolute Gasteiger partial charge is 0.339 e. The van der Waals surface area contributed by atoms with Crippen LogP contribution in [0.15, 0.2) is 42.5 Å². The Hall–Kier alpha value is -3.12. The summed E-state index contributed by atoms with van der Waals surface area (Å²) < 4.78 is 0. The van der Waals surface area contributed by atoms with Crippen LogP contribution in [0.2, 0.25) is 0 Å². The van der Waals surface area contributed by atoms with E-state index < -0.39 is 5.97 Å². The molecule has 6 nitrogen and oxygen atoms in total. The number of benzene rings is 2. The first-order valence-electron chi connectivity index (χ1n) is 10.5. The number of likely N-dealkylation sites (N-methyl/N-ethyl adjacent to an activating group) is 1. The number of fused-ring (bicyclic) bond motifs is 2. The molecule has 1 aromatic heterocycles. The molecule has 6 heteroatoms. The van der Waals surface area contributed by atoms with Crippen molar-refractivity contribution in [3.05, 3.63) is 64.8 Å². The van der Waals surface area contributed by atoms with Gasteiger partial charge in [0.05, 0.1) is 16.9 Å². The maximum atomic E-state index is 12.5. The van der Waals surface area contributed by atoms with E-state index >= 15 is 0 Å². The van der Waals surface area contributed by atoms with Crippen LogP contribution in [0.3, 0.4) is 0 Å². The SMILES string of the molecule is CN1CCN(c2c(C(=O)O)c(Cc3ccccc3)nc3cc4c(cc23)NCC4)CC1. The average molecular weight is 402 g/mol. The highest BCUT2D eigenvalue weighted by Gasteiger charge is 2.27. The summed E-state index contributed by atoms with van der Waals surface area (Å²) in [6.07, 6.45) is 1.49. The lowest BCUT2D eigenvalue weighted by molar-refractivity contribution is 0.0696. The molecular formula is C24H26N4O2. The van der Waals surface area contributed by atoms with Crippen molar-refractivity contribution in [1.82, 2.24) is 9.88 Å². The summed E-state index contributed by atoms with van der Waals surface area (Å²) in [6.45, 7) is 4.37. The van der Waals surface area contributed by atoms with Gasteiger partial charge in [0, 0.05) is 50.2 Å². The third-order valence-electron chi connectivity index (χ3n) is 6.21. The second-order valence-corrected chi connectivity index (χ2v) is 8.24. The van der Waals surface area contributed by atoms with Gasteiger partial charge in [-0.15, -0.1) is 0 Å². The van der Waals surface area contributed by atoms with Gasteiger partial charge in [-0.3, -0.25) is 4.98 Å². The van der Waals surface area contributed by atoms with Crippen LogP contribution in [0.1, 0.15) is 27.2 Å². The fourth-order valence-corrected chi connectivity index (χ4v) is 4.59. The van der Waals surface area contributed by atoms with Gasteiger partial charge in [0.25, 0.3) is 0 Å². The third-order valence-corrected chi connectivity index (χ3v) is 6.21. The first-order chi connectivity index (χ1) is 14.6. The molecule has 0 aliphatic carbocycles. The van der Waals surface area contributed by atoms with Crippen LogP contribution < -0.4 is 10.2 Å². The second kappa shape index (κ2) is 7.61. The number of nitrogens with one attached hydrogen (secondary N) is 1. The Balaban J connectivity index is 1.73. The number of carbonyl (C=O) groups is 1. The largest absolute Gasteiger partial charge is 0.478 e. The number of pyridine rings is 1. The van der Waals surface area contributed by atoms with Crippen molar-refractivity contribution >= 4 is 28.2 Å². The molecule has 0 spiro atoms. The van der Waals surface area contributed by atoms with Crippen LogP contribution in [0, 0.1) is 0 Å². The molecule has 2 aliphatic heterocycles. The molecule has 0 amide bonds. The molecule has 0 atom stereocenters. The lowest BCUT2D eigenvalue weighted by Crippen LogP contribution is -2.45. The molecule has 2 N–H and O–H groups in total. The molecule has 0 bridgehead atoms. The number of hydrogen-bond donors (Lipinski definition) is 2. The Morgan fingerprint density at radius 2 is 1.90 bits per heavy atom.